The highest BCUT2D eigenvalue weighted by Gasteiger charge is 2.20. The number of piperidine rings is 1. The monoisotopic (exact) mass is 371 g/mol. The quantitative estimate of drug-likeness (QED) is 0.710. The van der Waals surface area contributed by atoms with E-state index in [1.165, 1.54) is 18.2 Å². The van der Waals surface area contributed by atoms with Crippen LogP contribution in [0.15, 0.2) is 23.1 Å². The number of hydrogen-bond acceptors (Lipinski definition) is 5. The summed E-state index contributed by atoms with van der Waals surface area (Å²) in [4.78, 5) is 2.24. The molecule has 24 heavy (non-hydrogen) atoms. The van der Waals surface area contributed by atoms with Gasteiger partial charge in [-0.25, -0.2) is 13.1 Å². The molecule has 0 aromatic heterocycles. The number of likely N-dealkylation sites (tertiary alicyclic amines) is 1. The molecule has 2 N–H and O–H groups in total. The van der Waals surface area contributed by atoms with E-state index in [0.717, 1.165) is 32.5 Å². The van der Waals surface area contributed by atoms with Gasteiger partial charge in [-0.3, -0.25) is 0 Å². The highest BCUT2D eigenvalue weighted by molar-refractivity contribution is 7.89. The maximum atomic E-state index is 12.3. The van der Waals surface area contributed by atoms with E-state index < -0.39 is 10.0 Å². The molecule has 1 fully saturated rings. The zero-order chi connectivity index (χ0) is 17.6. The minimum absolute atomic E-state index is 0.0125. The standard InChI is InChI=1S/C16H22ClN3O3S/c17-15-9-13(10-18)4-5-16(15)24(22,23)19-6-2-8-20-7-1-3-14(11-20)12-21/h4-5,9,14,19,21H,1-3,6-8,11-12H2. The Bertz CT molecular complexity index is 703. The highest BCUT2D eigenvalue weighted by atomic mass is 35.5. The lowest BCUT2D eigenvalue weighted by Gasteiger charge is -2.31. The summed E-state index contributed by atoms with van der Waals surface area (Å²) < 4.78 is 27.1. The largest absolute Gasteiger partial charge is 0.396 e. The summed E-state index contributed by atoms with van der Waals surface area (Å²) in [6.45, 7) is 3.18. The van der Waals surface area contributed by atoms with E-state index in [9.17, 15) is 13.5 Å². The molecule has 1 unspecified atom stereocenters. The Morgan fingerprint density at radius 1 is 1.46 bits per heavy atom. The molecule has 0 aliphatic carbocycles. The van der Waals surface area contributed by atoms with Gasteiger partial charge in [0.05, 0.1) is 16.7 Å². The van der Waals surface area contributed by atoms with E-state index in [1.807, 2.05) is 6.07 Å². The van der Waals surface area contributed by atoms with Gasteiger partial charge in [-0.05, 0) is 56.5 Å². The van der Waals surface area contributed by atoms with E-state index in [-0.39, 0.29) is 16.5 Å². The fourth-order valence-electron chi connectivity index (χ4n) is 2.88. The van der Waals surface area contributed by atoms with Crippen LogP contribution in [0, 0.1) is 17.2 Å². The van der Waals surface area contributed by atoms with E-state index in [1.54, 1.807) is 0 Å². The molecule has 0 spiro atoms. The molecule has 6 nitrogen and oxygen atoms in total. The third kappa shape index (κ3) is 5.16. The summed E-state index contributed by atoms with van der Waals surface area (Å²) in [6.07, 6.45) is 2.81. The van der Waals surface area contributed by atoms with Gasteiger partial charge in [0.15, 0.2) is 0 Å². The van der Waals surface area contributed by atoms with Crippen LogP contribution in [0.4, 0.5) is 0 Å². The number of sulfonamides is 1. The predicted octanol–water partition coefficient (Wildman–Crippen LogP) is 1.58. The normalized spacial score (nSPS) is 19.1. The van der Waals surface area contributed by atoms with Crippen LogP contribution >= 0.6 is 11.6 Å². The lowest BCUT2D eigenvalue weighted by Crippen LogP contribution is -2.38. The Balaban J connectivity index is 1.84. The van der Waals surface area contributed by atoms with Gasteiger partial charge in [-0.2, -0.15) is 5.26 Å². The number of nitrogens with one attached hydrogen (secondary N) is 1. The molecule has 1 aromatic rings. The van der Waals surface area contributed by atoms with Crippen LogP contribution in [-0.4, -0.2) is 51.2 Å². The summed E-state index contributed by atoms with van der Waals surface area (Å²) in [6, 6.07) is 6.05. The van der Waals surface area contributed by atoms with E-state index >= 15 is 0 Å². The molecule has 1 heterocycles. The van der Waals surface area contributed by atoms with Crippen molar-refractivity contribution in [3.63, 3.8) is 0 Å². The van der Waals surface area contributed by atoms with Crippen molar-refractivity contribution in [2.45, 2.75) is 24.2 Å². The van der Waals surface area contributed by atoms with Crippen LogP contribution in [0.3, 0.4) is 0 Å². The first kappa shape index (κ1) is 19.2. The lowest BCUT2D eigenvalue weighted by atomic mass is 9.99. The Hall–Kier alpha value is -1.17. The minimum atomic E-state index is -3.68. The number of aliphatic hydroxyl groups excluding tert-OH is 1. The third-order valence-electron chi connectivity index (χ3n) is 4.16. The molecular formula is C16H22ClN3O3S. The zero-order valence-electron chi connectivity index (χ0n) is 13.4. The second-order valence-corrected chi connectivity index (χ2v) is 8.14. The summed E-state index contributed by atoms with van der Waals surface area (Å²) in [7, 11) is -3.68. The number of halogens is 1. The third-order valence-corrected chi connectivity index (χ3v) is 6.10. The Morgan fingerprint density at radius 2 is 2.25 bits per heavy atom. The van der Waals surface area contributed by atoms with Crippen molar-refractivity contribution in [2.24, 2.45) is 5.92 Å². The molecule has 1 atom stereocenters. The number of nitrogens with zero attached hydrogens (tertiary/aromatic N) is 2. The summed E-state index contributed by atoms with van der Waals surface area (Å²) in [5.74, 6) is 0.327. The smallest absolute Gasteiger partial charge is 0.242 e. The fraction of sp³-hybridized carbons (Fsp3) is 0.562. The number of benzene rings is 1. The average Bonchev–Trinajstić information content (AvgIpc) is 2.58. The SMILES string of the molecule is N#Cc1ccc(S(=O)(=O)NCCCN2CCCC(CO)C2)c(Cl)c1. The Kier molecular flexibility index (Phi) is 7.02. The molecule has 0 saturated carbocycles. The van der Waals surface area contributed by atoms with Gasteiger partial charge in [0.25, 0.3) is 0 Å². The second-order valence-electron chi connectivity index (χ2n) is 6.00. The van der Waals surface area contributed by atoms with Gasteiger partial charge >= 0.3 is 0 Å². The van der Waals surface area contributed by atoms with Crippen molar-refractivity contribution >= 4 is 21.6 Å². The first-order valence-corrected chi connectivity index (χ1v) is 9.85. The van der Waals surface area contributed by atoms with Gasteiger partial charge in [-0.15, -0.1) is 0 Å². The molecule has 132 valence electrons. The summed E-state index contributed by atoms with van der Waals surface area (Å²) in [5.41, 5.74) is 0.322. The lowest BCUT2D eigenvalue weighted by molar-refractivity contribution is 0.120. The fourth-order valence-corrected chi connectivity index (χ4v) is 4.50. The molecule has 1 aromatic carbocycles. The van der Waals surface area contributed by atoms with Crippen LogP contribution in [0.1, 0.15) is 24.8 Å². The molecule has 0 bridgehead atoms. The van der Waals surface area contributed by atoms with Gasteiger partial charge in [0.2, 0.25) is 10.0 Å². The molecule has 8 heteroatoms. The van der Waals surface area contributed by atoms with Gasteiger partial charge in [-0.1, -0.05) is 11.6 Å². The van der Waals surface area contributed by atoms with Crippen LogP contribution in [-0.2, 0) is 10.0 Å². The number of hydrogen-bond donors (Lipinski definition) is 2. The molecule has 2 rings (SSSR count). The molecule has 1 aliphatic heterocycles. The number of rotatable bonds is 7. The van der Waals surface area contributed by atoms with Crippen molar-refractivity contribution in [3.8, 4) is 6.07 Å². The van der Waals surface area contributed by atoms with Crippen LogP contribution in [0.5, 0.6) is 0 Å². The maximum absolute atomic E-state index is 12.3. The highest BCUT2D eigenvalue weighted by Crippen LogP contribution is 2.22. The zero-order valence-corrected chi connectivity index (χ0v) is 15.0. The average molecular weight is 372 g/mol. The predicted molar refractivity (Wildman–Crippen MR) is 92.2 cm³/mol. The van der Waals surface area contributed by atoms with Crippen molar-refractivity contribution in [2.75, 3.05) is 32.8 Å². The summed E-state index contributed by atoms with van der Waals surface area (Å²) >= 11 is 5.96. The number of nitriles is 1. The minimum Gasteiger partial charge on any atom is -0.396 e. The van der Waals surface area contributed by atoms with Gasteiger partial charge in [0.1, 0.15) is 4.90 Å². The topological polar surface area (TPSA) is 93.4 Å². The van der Waals surface area contributed by atoms with Crippen LogP contribution < -0.4 is 4.72 Å². The maximum Gasteiger partial charge on any atom is 0.242 e. The van der Waals surface area contributed by atoms with Crippen LogP contribution in [0.2, 0.25) is 5.02 Å². The molecule has 0 amide bonds. The van der Waals surface area contributed by atoms with Crippen molar-refractivity contribution in [1.82, 2.24) is 9.62 Å². The van der Waals surface area contributed by atoms with E-state index in [4.69, 9.17) is 16.9 Å². The van der Waals surface area contributed by atoms with Crippen LogP contribution in [0.25, 0.3) is 0 Å². The number of aliphatic hydroxyl groups is 1. The van der Waals surface area contributed by atoms with Crippen molar-refractivity contribution < 1.29 is 13.5 Å². The molecule has 0 radical (unpaired) electrons. The Labute approximate surface area is 148 Å². The Morgan fingerprint density at radius 3 is 2.92 bits per heavy atom. The molecule has 1 aliphatic rings. The van der Waals surface area contributed by atoms with E-state index in [0.29, 0.717) is 24.4 Å². The van der Waals surface area contributed by atoms with Gasteiger partial charge < -0.3 is 10.0 Å². The van der Waals surface area contributed by atoms with Crippen molar-refractivity contribution in [1.29, 1.82) is 5.26 Å². The first-order valence-electron chi connectivity index (χ1n) is 7.99. The first-order chi connectivity index (χ1) is 11.5. The molecular weight excluding hydrogens is 350 g/mol. The van der Waals surface area contributed by atoms with E-state index in [2.05, 4.69) is 9.62 Å². The molecule has 1 saturated heterocycles. The summed E-state index contributed by atoms with van der Waals surface area (Å²) in [5, 5.41) is 18.1. The van der Waals surface area contributed by atoms with Gasteiger partial charge in [0, 0.05) is 19.7 Å². The second kappa shape index (κ2) is 8.79. The van der Waals surface area contributed by atoms with Crippen molar-refractivity contribution in [3.05, 3.63) is 28.8 Å².